The Labute approximate surface area is 165 Å². The fourth-order valence-electron chi connectivity index (χ4n) is 4.26. The second kappa shape index (κ2) is 7.82. The number of nitrogens with one attached hydrogen (secondary N) is 1. The van der Waals surface area contributed by atoms with E-state index in [2.05, 4.69) is 5.32 Å². The monoisotopic (exact) mass is 383 g/mol. The molecule has 1 aliphatic carbocycles. The van der Waals surface area contributed by atoms with Gasteiger partial charge in [-0.2, -0.15) is 0 Å². The van der Waals surface area contributed by atoms with Crippen LogP contribution in [0.5, 0.6) is 11.5 Å². The van der Waals surface area contributed by atoms with Gasteiger partial charge in [0.2, 0.25) is 5.91 Å². The van der Waals surface area contributed by atoms with Crippen molar-refractivity contribution in [1.82, 2.24) is 5.32 Å². The molecule has 28 heavy (non-hydrogen) atoms. The first-order valence-corrected chi connectivity index (χ1v) is 10.0. The summed E-state index contributed by atoms with van der Waals surface area (Å²) in [7, 11) is 0. The fourth-order valence-corrected chi connectivity index (χ4v) is 4.26. The Balaban J connectivity index is 1.54. The number of rotatable bonds is 4. The van der Waals surface area contributed by atoms with Gasteiger partial charge in [0.15, 0.2) is 11.5 Å². The zero-order valence-corrected chi connectivity index (χ0v) is 16.2. The standard InChI is InChI=1S/C23H26FNO3/c1-16(17-5-10-20-21(15-17)28-14-4-13-27-20)25-22(26)23(11-2-3-12-23)18-6-8-19(24)9-7-18/h5-10,15-16H,2-4,11-14H2,1H3,(H,25,26). The number of fused-ring (bicyclic) bond motifs is 1. The molecule has 2 aliphatic rings. The maximum Gasteiger partial charge on any atom is 0.231 e. The largest absolute Gasteiger partial charge is 0.490 e. The van der Waals surface area contributed by atoms with Crippen LogP contribution in [0.4, 0.5) is 4.39 Å². The van der Waals surface area contributed by atoms with Crippen molar-refractivity contribution in [2.45, 2.75) is 50.5 Å². The van der Waals surface area contributed by atoms with Crippen LogP contribution in [0.2, 0.25) is 0 Å². The molecule has 1 atom stereocenters. The molecule has 1 saturated carbocycles. The lowest BCUT2D eigenvalue weighted by Crippen LogP contribution is -2.43. The van der Waals surface area contributed by atoms with Crippen LogP contribution in [0.15, 0.2) is 42.5 Å². The Morgan fingerprint density at radius 2 is 1.68 bits per heavy atom. The summed E-state index contributed by atoms with van der Waals surface area (Å²) in [5.41, 5.74) is 1.30. The summed E-state index contributed by atoms with van der Waals surface area (Å²) in [6, 6.07) is 12.0. The summed E-state index contributed by atoms with van der Waals surface area (Å²) >= 11 is 0. The van der Waals surface area contributed by atoms with Gasteiger partial charge in [0.05, 0.1) is 24.7 Å². The van der Waals surface area contributed by atoms with Gasteiger partial charge in [-0.05, 0) is 55.2 Å². The quantitative estimate of drug-likeness (QED) is 0.834. The van der Waals surface area contributed by atoms with E-state index < -0.39 is 5.41 Å². The molecule has 1 N–H and O–H groups in total. The molecule has 1 heterocycles. The average Bonchev–Trinajstić information content (AvgIpc) is 3.08. The SMILES string of the molecule is CC(NC(=O)C1(c2ccc(F)cc2)CCCC1)c1ccc2c(c1)OCCCO2. The Morgan fingerprint density at radius 1 is 1.00 bits per heavy atom. The third-order valence-electron chi connectivity index (χ3n) is 5.91. The molecule has 0 radical (unpaired) electrons. The molecule has 4 nitrogen and oxygen atoms in total. The van der Waals surface area contributed by atoms with Crippen molar-refractivity contribution in [2.24, 2.45) is 0 Å². The minimum Gasteiger partial charge on any atom is -0.490 e. The van der Waals surface area contributed by atoms with Gasteiger partial charge in [0, 0.05) is 6.42 Å². The van der Waals surface area contributed by atoms with Crippen LogP contribution in [0, 0.1) is 5.82 Å². The highest BCUT2D eigenvalue weighted by molar-refractivity contribution is 5.89. The third kappa shape index (κ3) is 3.58. The minimum atomic E-state index is -0.576. The van der Waals surface area contributed by atoms with E-state index in [0.29, 0.717) is 13.2 Å². The van der Waals surface area contributed by atoms with Crippen molar-refractivity contribution in [3.05, 3.63) is 59.4 Å². The molecule has 1 unspecified atom stereocenters. The van der Waals surface area contributed by atoms with E-state index in [4.69, 9.17) is 9.47 Å². The van der Waals surface area contributed by atoms with E-state index >= 15 is 0 Å². The first-order chi connectivity index (χ1) is 13.6. The number of benzene rings is 2. The summed E-state index contributed by atoms with van der Waals surface area (Å²) in [5.74, 6) is 1.21. The van der Waals surface area contributed by atoms with Gasteiger partial charge in [0.25, 0.3) is 0 Å². The van der Waals surface area contributed by atoms with Gasteiger partial charge in [-0.25, -0.2) is 4.39 Å². The van der Waals surface area contributed by atoms with Gasteiger partial charge >= 0.3 is 0 Å². The van der Waals surface area contributed by atoms with E-state index in [1.54, 1.807) is 12.1 Å². The minimum absolute atomic E-state index is 0.0104. The number of carbonyl (C=O) groups is 1. The van der Waals surface area contributed by atoms with Crippen LogP contribution < -0.4 is 14.8 Å². The molecule has 0 bridgehead atoms. The maximum absolute atomic E-state index is 13.4. The summed E-state index contributed by atoms with van der Waals surface area (Å²) in [4.78, 5) is 13.3. The summed E-state index contributed by atoms with van der Waals surface area (Å²) < 4.78 is 24.8. The van der Waals surface area contributed by atoms with Crippen LogP contribution in [0.1, 0.15) is 56.2 Å². The van der Waals surface area contributed by atoms with Crippen LogP contribution >= 0.6 is 0 Å². The molecule has 1 aliphatic heterocycles. The normalized spacial score (nSPS) is 18.9. The molecular formula is C23H26FNO3. The number of halogens is 1. The summed E-state index contributed by atoms with van der Waals surface area (Å²) in [6.07, 6.45) is 4.44. The molecule has 4 rings (SSSR count). The predicted molar refractivity (Wildman–Crippen MR) is 105 cm³/mol. The third-order valence-corrected chi connectivity index (χ3v) is 5.91. The van der Waals surface area contributed by atoms with Gasteiger partial charge in [-0.1, -0.05) is 31.0 Å². The number of hydrogen-bond donors (Lipinski definition) is 1. The van der Waals surface area contributed by atoms with Gasteiger partial charge in [-0.3, -0.25) is 4.79 Å². The Morgan fingerprint density at radius 3 is 2.39 bits per heavy atom. The Kier molecular flexibility index (Phi) is 5.25. The predicted octanol–water partition coefficient (Wildman–Crippen LogP) is 4.68. The first kappa shape index (κ1) is 18.8. The van der Waals surface area contributed by atoms with Crippen LogP contribution in [-0.4, -0.2) is 19.1 Å². The lowest BCUT2D eigenvalue weighted by atomic mass is 9.77. The Hall–Kier alpha value is -2.56. The molecule has 0 saturated heterocycles. The van der Waals surface area contributed by atoms with Crippen molar-refractivity contribution >= 4 is 5.91 Å². The molecule has 148 valence electrons. The van der Waals surface area contributed by atoms with Crippen molar-refractivity contribution < 1.29 is 18.7 Å². The number of carbonyl (C=O) groups excluding carboxylic acids is 1. The average molecular weight is 383 g/mol. The zero-order chi connectivity index (χ0) is 19.6. The van der Waals surface area contributed by atoms with Crippen molar-refractivity contribution in [1.29, 1.82) is 0 Å². The van der Waals surface area contributed by atoms with Gasteiger partial charge < -0.3 is 14.8 Å². The second-order valence-corrected chi connectivity index (χ2v) is 7.75. The molecule has 2 aromatic carbocycles. The molecule has 5 heteroatoms. The highest BCUT2D eigenvalue weighted by Gasteiger charge is 2.43. The van der Waals surface area contributed by atoms with E-state index in [1.807, 2.05) is 25.1 Å². The lowest BCUT2D eigenvalue weighted by Gasteiger charge is -2.30. The van der Waals surface area contributed by atoms with E-state index in [1.165, 1.54) is 12.1 Å². The summed E-state index contributed by atoms with van der Waals surface area (Å²) in [5, 5.41) is 3.19. The highest BCUT2D eigenvalue weighted by atomic mass is 19.1. The van der Waals surface area contributed by atoms with Gasteiger partial charge in [-0.15, -0.1) is 0 Å². The highest BCUT2D eigenvalue weighted by Crippen LogP contribution is 2.42. The van der Waals surface area contributed by atoms with Crippen molar-refractivity contribution in [3.8, 4) is 11.5 Å². The second-order valence-electron chi connectivity index (χ2n) is 7.75. The lowest BCUT2D eigenvalue weighted by molar-refractivity contribution is -0.127. The zero-order valence-electron chi connectivity index (χ0n) is 16.2. The molecule has 1 amide bonds. The number of hydrogen-bond acceptors (Lipinski definition) is 3. The molecule has 0 aromatic heterocycles. The summed E-state index contributed by atoms with van der Waals surface area (Å²) in [6.45, 7) is 3.26. The number of ether oxygens (including phenoxy) is 2. The topological polar surface area (TPSA) is 47.6 Å². The van der Waals surface area contributed by atoms with Crippen LogP contribution in [-0.2, 0) is 10.2 Å². The van der Waals surface area contributed by atoms with E-state index in [0.717, 1.165) is 54.7 Å². The number of amides is 1. The van der Waals surface area contributed by atoms with E-state index in [9.17, 15) is 9.18 Å². The fraction of sp³-hybridized carbons (Fsp3) is 0.435. The van der Waals surface area contributed by atoms with Crippen molar-refractivity contribution in [2.75, 3.05) is 13.2 Å². The van der Waals surface area contributed by atoms with E-state index in [-0.39, 0.29) is 17.8 Å². The van der Waals surface area contributed by atoms with Crippen molar-refractivity contribution in [3.63, 3.8) is 0 Å². The van der Waals surface area contributed by atoms with Gasteiger partial charge in [0.1, 0.15) is 5.82 Å². The first-order valence-electron chi connectivity index (χ1n) is 10.0. The molecule has 2 aromatic rings. The maximum atomic E-state index is 13.4. The van der Waals surface area contributed by atoms with Crippen LogP contribution in [0.3, 0.4) is 0 Å². The molecule has 0 spiro atoms. The molecular weight excluding hydrogens is 357 g/mol. The van der Waals surface area contributed by atoms with Crippen LogP contribution in [0.25, 0.3) is 0 Å². The molecule has 1 fully saturated rings. The Bertz CT molecular complexity index is 843. The smallest absolute Gasteiger partial charge is 0.231 e.